The fourth-order valence-electron chi connectivity index (χ4n) is 0.468. The van der Waals surface area contributed by atoms with E-state index in [1.165, 1.54) is 0 Å². The van der Waals surface area contributed by atoms with Crippen LogP contribution in [0.2, 0.25) is 0 Å². The van der Waals surface area contributed by atoms with Crippen molar-refractivity contribution in [2.75, 3.05) is 0 Å². The molecule has 0 saturated carbocycles. The second kappa shape index (κ2) is 3.25. The fourth-order valence-corrected chi connectivity index (χ4v) is 0.468. The van der Waals surface area contributed by atoms with Crippen LogP contribution in [-0.2, 0) is 4.79 Å². The van der Waals surface area contributed by atoms with Gasteiger partial charge < -0.3 is 10.8 Å². The number of primary amides is 1. The SMILES string of the molecule is CC(=C(O)C(N)=O)C(C)C. The van der Waals surface area contributed by atoms with Gasteiger partial charge in [0, 0.05) is 0 Å². The van der Waals surface area contributed by atoms with Crippen molar-refractivity contribution in [3.8, 4) is 0 Å². The summed E-state index contributed by atoms with van der Waals surface area (Å²) < 4.78 is 0. The molecule has 10 heavy (non-hydrogen) atoms. The van der Waals surface area contributed by atoms with Crippen LogP contribution < -0.4 is 5.73 Å². The third kappa shape index (κ3) is 2.09. The van der Waals surface area contributed by atoms with Gasteiger partial charge in [0.1, 0.15) is 0 Å². The minimum Gasteiger partial charge on any atom is -0.503 e. The second-order valence-electron chi connectivity index (χ2n) is 2.55. The molecule has 0 rings (SSSR count). The number of hydrogen-bond acceptors (Lipinski definition) is 2. The Hall–Kier alpha value is -0.990. The minimum atomic E-state index is -0.758. The molecule has 0 aliphatic heterocycles. The first-order valence-corrected chi connectivity index (χ1v) is 3.16. The summed E-state index contributed by atoms with van der Waals surface area (Å²) in [4.78, 5) is 10.4. The molecule has 0 aromatic rings. The maximum absolute atomic E-state index is 10.4. The lowest BCUT2D eigenvalue weighted by Gasteiger charge is -2.05. The van der Waals surface area contributed by atoms with Gasteiger partial charge in [-0.25, -0.2) is 0 Å². The first kappa shape index (κ1) is 9.01. The van der Waals surface area contributed by atoms with E-state index in [-0.39, 0.29) is 11.7 Å². The molecule has 0 aromatic carbocycles. The molecule has 0 fully saturated rings. The molecule has 0 spiro atoms. The molecule has 0 radical (unpaired) electrons. The van der Waals surface area contributed by atoms with Gasteiger partial charge >= 0.3 is 0 Å². The first-order valence-electron chi connectivity index (χ1n) is 3.16. The lowest BCUT2D eigenvalue weighted by molar-refractivity contribution is -0.117. The van der Waals surface area contributed by atoms with E-state index in [1.54, 1.807) is 6.92 Å². The minimum absolute atomic E-state index is 0.160. The summed E-state index contributed by atoms with van der Waals surface area (Å²) in [5.74, 6) is -0.909. The van der Waals surface area contributed by atoms with Gasteiger partial charge in [0.25, 0.3) is 5.91 Å². The number of allylic oxidation sites excluding steroid dienone is 1. The third-order valence-electron chi connectivity index (χ3n) is 1.47. The predicted octanol–water partition coefficient (Wildman–Crippen LogP) is 0.960. The van der Waals surface area contributed by atoms with Gasteiger partial charge in [0.2, 0.25) is 0 Å². The highest BCUT2D eigenvalue weighted by molar-refractivity contribution is 5.90. The van der Waals surface area contributed by atoms with Crippen molar-refractivity contribution in [3.05, 3.63) is 11.3 Å². The molecule has 0 aliphatic carbocycles. The van der Waals surface area contributed by atoms with E-state index < -0.39 is 5.91 Å². The van der Waals surface area contributed by atoms with Crippen LogP contribution in [0.5, 0.6) is 0 Å². The van der Waals surface area contributed by atoms with Gasteiger partial charge in [-0.15, -0.1) is 0 Å². The number of aliphatic hydroxyl groups is 1. The molecule has 0 bridgehead atoms. The van der Waals surface area contributed by atoms with Gasteiger partial charge in [-0.3, -0.25) is 4.79 Å². The molecule has 0 saturated heterocycles. The lowest BCUT2D eigenvalue weighted by Crippen LogP contribution is -2.16. The predicted molar refractivity (Wildman–Crippen MR) is 39.4 cm³/mol. The molecule has 1 amide bonds. The highest BCUT2D eigenvalue weighted by Crippen LogP contribution is 2.11. The van der Waals surface area contributed by atoms with Gasteiger partial charge in [-0.2, -0.15) is 0 Å². The van der Waals surface area contributed by atoms with E-state index in [2.05, 4.69) is 0 Å². The Labute approximate surface area is 60.5 Å². The van der Waals surface area contributed by atoms with E-state index in [0.29, 0.717) is 5.57 Å². The molecule has 3 nitrogen and oxygen atoms in total. The van der Waals surface area contributed by atoms with Crippen molar-refractivity contribution in [1.29, 1.82) is 0 Å². The average molecular weight is 143 g/mol. The quantitative estimate of drug-likeness (QED) is 0.446. The summed E-state index contributed by atoms with van der Waals surface area (Å²) in [6.07, 6.45) is 0. The van der Waals surface area contributed by atoms with Crippen LogP contribution in [0.25, 0.3) is 0 Å². The number of carbonyl (C=O) groups excluding carboxylic acids is 1. The molecule has 0 heterocycles. The van der Waals surface area contributed by atoms with Gasteiger partial charge in [-0.1, -0.05) is 13.8 Å². The summed E-state index contributed by atoms with van der Waals surface area (Å²) in [5.41, 5.74) is 5.46. The number of carbonyl (C=O) groups is 1. The number of nitrogens with two attached hydrogens (primary N) is 1. The highest BCUT2D eigenvalue weighted by Gasteiger charge is 2.08. The monoisotopic (exact) mass is 143 g/mol. The maximum Gasteiger partial charge on any atom is 0.283 e. The zero-order valence-electron chi connectivity index (χ0n) is 6.51. The number of hydrogen-bond donors (Lipinski definition) is 2. The topological polar surface area (TPSA) is 63.3 Å². The zero-order valence-corrected chi connectivity index (χ0v) is 6.51. The molecule has 3 N–H and O–H groups in total. The molecule has 0 atom stereocenters. The van der Waals surface area contributed by atoms with Crippen LogP contribution >= 0.6 is 0 Å². The fraction of sp³-hybridized carbons (Fsp3) is 0.571. The summed E-state index contributed by atoms with van der Waals surface area (Å²) in [7, 11) is 0. The van der Waals surface area contributed by atoms with Crippen molar-refractivity contribution in [2.45, 2.75) is 20.8 Å². The Morgan fingerprint density at radius 1 is 1.50 bits per heavy atom. The highest BCUT2D eigenvalue weighted by atomic mass is 16.3. The van der Waals surface area contributed by atoms with Gasteiger partial charge in [0.05, 0.1) is 0 Å². The van der Waals surface area contributed by atoms with Crippen molar-refractivity contribution < 1.29 is 9.90 Å². The molecular weight excluding hydrogens is 130 g/mol. The van der Waals surface area contributed by atoms with Crippen molar-refractivity contribution >= 4 is 5.91 Å². The number of rotatable bonds is 2. The number of amides is 1. The molecular formula is C7H13NO2. The van der Waals surface area contributed by atoms with E-state index in [4.69, 9.17) is 10.8 Å². The van der Waals surface area contributed by atoms with Crippen LogP contribution in [0.4, 0.5) is 0 Å². The Balaban J connectivity index is 4.50. The standard InChI is InChI=1S/C7H13NO2/c1-4(2)5(3)6(9)7(8)10/h4,9H,1-3H3,(H2,8,10). The molecule has 3 heteroatoms. The van der Waals surface area contributed by atoms with Crippen molar-refractivity contribution in [2.24, 2.45) is 11.7 Å². The zero-order chi connectivity index (χ0) is 8.31. The summed E-state index contributed by atoms with van der Waals surface area (Å²) in [6, 6.07) is 0. The average Bonchev–Trinajstić information content (AvgIpc) is 1.84. The van der Waals surface area contributed by atoms with Crippen LogP contribution in [0.1, 0.15) is 20.8 Å². The van der Waals surface area contributed by atoms with Crippen LogP contribution in [0.15, 0.2) is 11.3 Å². The molecule has 58 valence electrons. The normalized spacial score (nSPS) is 13.2. The molecule has 0 aromatic heterocycles. The smallest absolute Gasteiger partial charge is 0.283 e. The maximum atomic E-state index is 10.4. The Bertz CT molecular complexity index is 170. The Morgan fingerprint density at radius 2 is 1.90 bits per heavy atom. The van der Waals surface area contributed by atoms with Crippen LogP contribution in [-0.4, -0.2) is 11.0 Å². The number of aliphatic hydroxyl groups excluding tert-OH is 1. The second-order valence-corrected chi connectivity index (χ2v) is 2.55. The van der Waals surface area contributed by atoms with Gasteiger partial charge in [0.15, 0.2) is 5.76 Å². The summed E-state index contributed by atoms with van der Waals surface area (Å²) in [5, 5.41) is 8.97. The van der Waals surface area contributed by atoms with E-state index in [1.807, 2.05) is 13.8 Å². The summed E-state index contributed by atoms with van der Waals surface area (Å²) >= 11 is 0. The van der Waals surface area contributed by atoms with E-state index in [0.717, 1.165) is 0 Å². The first-order chi connectivity index (χ1) is 4.46. The third-order valence-corrected chi connectivity index (χ3v) is 1.47. The largest absolute Gasteiger partial charge is 0.503 e. The van der Waals surface area contributed by atoms with E-state index >= 15 is 0 Å². The van der Waals surface area contributed by atoms with E-state index in [9.17, 15) is 4.79 Å². The van der Waals surface area contributed by atoms with Crippen LogP contribution in [0.3, 0.4) is 0 Å². The van der Waals surface area contributed by atoms with Gasteiger partial charge in [-0.05, 0) is 18.4 Å². The molecule has 0 aliphatic rings. The Morgan fingerprint density at radius 3 is 2.00 bits per heavy atom. The molecule has 0 unspecified atom stereocenters. The summed E-state index contributed by atoms with van der Waals surface area (Å²) in [6.45, 7) is 5.45. The van der Waals surface area contributed by atoms with Crippen molar-refractivity contribution in [1.82, 2.24) is 0 Å². The van der Waals surface area contributed by atoms with Crippen molar-refractivity contribution in [3.63, 3.8) is 0 Å². The Kier molecular flexibility index (Phi) is 2.93. The van der Waals surface area contributed by atoms with Crippen LogP contribution in [0, 0.1) is 5.92 Å². The lowest BCUT2D eigenvalue weighted by atomic mass is 10.0.